The van der Waals surface area contributed by atoms with Crippen LogP contribution in [0.4, 0.5) is 4.39 Å². The van der Waals surface area contributed by atoms with E-state index in [0.29, 0.717) is 17.0 Å². The Morgan fingerprint density at radius 1 is 1.23 bits per heavy atom. The number of hydrogen-bond donors (Lipinski definition) is 0. The average molecular weight is 423 g/mol. The minimum Gasteiger partial charge on any atom is -0.456 e. The maximum absolute atomic E-state index is 14.8. The van der Waals surface area contributed by atoms with E-state index >= 15 is 0 Å². The molecule has 4 heterocycles. The second kappa shape index (κ2) is 7.17. The zero-order valence-corrected chi connectivity index (χ0v) is 17.0. The van der Waals surface area contributed by atoms with Gasteiger partial charge in [0.25, 0.3) is 11.4 Å². The zero-order valence-electron chi connectivity index (χ0n) is 17.0. The number of aromatic nitrogens is 5. The molecule has 0 N–H and O–H groups in total. The normalized spacial score (nSPS) is 12.8. The number of hydrogen-bond acceptors (Lipinski definition) is 7. The Labute approximate surface area is 174 Å². The highest BCUT2D eigenvalue weighted by molar-refractivity contribution is 5.84. The number of benzene rings is 1. The van der Waals surface area contributed by atoms with Crippen LogP contribution >= 0.6 is 0 Å². The van der Waals surface area contributed by atoms with Crippen LogP contribution in [-0.4, -0.2) is 37.8 Å². The van der Waals surface area contributed by atoms with Crippen LogP contribution in [0.3, 0.4) is 0 Å². The van der Waals surface area contributed by atoms with Crippen molar-refractivity contribution in [2.45, 2.75) is 19.9 Å². The van der Waals surface area contributed by atoms with E-state index in [9.17, 15) is 9.18 Å². The predicted molar refractivity (Wildman–Crippen MR) is 109 cm³/mol. The smallest absolute Gasteiger partial charge is 0.293 e. The summed E-state index contributed by atoms with van der Waals surface area (Å²) >= 11 is 0. The van der Waals surface area contributed by atoms with Crippen molar-refractivity contribution in [3.63, 3.8) is 0 Å². The quantitative estimate of drug-likeness (QED) is 0.426. The van der Waals surface area contributed by atoms with Gasteiger partial charge in [-0.15, -0.1) is 0 Å². The molecule has 0 saturated carbocycles. The first-order valence-corrected chi connectivity index (χ1v) is 9.59. The van der Waals surface area contributed by atoms with E-state index in [1.165, 1.54) is 24.1 Å². The van der Waals surface area contributed by atoms with Gasteiger partial charge in [-0.05, 0) is 38.1 Å². The summed E-state index contributed by atoms with van der Waals surface area (Å²) in [7, 11) is 1.53. The summed E-state index contributed by atoms with van der Waals surface area (Å²) < 4.78 is 33.7. The Morgan fingerprint density at radius 3 is 2.81 bits per heavy atom. The van der Waals surface area contributed by atoms with E-state index in [1.54, 1.807) is 42.5 Å². The summed E-state index contributed by atoms with van der Waals surface area (Å²) in [5, 5.41) is 3.98. The monoisotopic (exact) mass is 423 g/mol. The van der Waals surface area contributed by atoms with Gasteiger partial charge in [-0.2, -0.15) is 4.98 Å². The lowest BCUT2D eigenvalue weighted by atomic mass is 10.2. The largest absolute Gasteiger partial charge is 0.456 e. The predicted octanol–water partition coefficient (Wildman–Crippen LogP) is 3.61. The number of imidazole rings is 1. The summed E-state index contributed by atoms with van der Waals surface area (Å²) in [6.45, 7) is 3.82. The number of rotatable bonds is 5. The van der Waals surface area contributed by atoms with Crippen LogP contribution in [0.25, 0.3) is 39.7 Å². The van der Waals surface area contributed by atoms with Gasteiger partial charge in [0, 0.05) is 7.11 Å². The van der Waals surface area contributed by atoms with E-state index in [0.717, 1.165) is 0 Å². The second-order valence-corrected chi connectivity index (χ2v) is 7.23. The minimum atomic E-state index is -0.510. The van der Waals surface area contributed by atoms with Crippen molar-refractivity contribution in [3.8, 4) is 23.2 Å². The standard InChI is InChI=1S/C21H18FN5O4/c1-11(9-29-3)27-17-13(22)5-4-6-14(17)26-10-23-16(18(26)21(27)28)19-24-20(31-25-19)15-8-7-12(2)30-15/h4-8,10-11H,9H2,1-3H3. The molecule has 4 aromatic heterocycles. The molecule has 10 heteroatoms. The number of aryl methyl sites for hydroxylation is 1. The number of halogens is 1. The van der Waals surface area contributed by atoms with Crippen LogP contribution in [0.2, 0.25) is 0 Å². The Kier molecular flexibility index (Phi) is 4.44. The fourth-order valence-electron chi connectivity index (χ4n) is 3.76. The molecule has 0 amide bonds. The van der Waals surface area contributed by atoms with Crippen LogP contribution < -0.4 is 5.56 Å². The van der Waals surface area contributed by atoms with Crippen molar-refractivity contribution in [2.24, 2.45) is 0 Å². The highest BCUT2D eigenvalue weighted by Crippen LogP contribution is 2.27. The molecule has 0 spiro atoms. The van der Waals surface area contributed by atoms with Gasteiger partial charge in [-0.1, -0.05) is 11.2 Å². The molecule has 5 aromatic rings. The summed E-state index contributed by atoms with van der Waals surface area (Å²) in [6, 6.07) is 7.70. The molecule has 1 atom stereocenters. The van der Waals surface area contributed by atoms with E-state index in [1.807, 2.05) is 0 Å². The number of ether oxygens (including phenoxy) is 1. The van der Waals surface area contributed by atoms with Crippen molar-refractivity contribution < 1.29 is 18.1 Å². The van der Waals surface area contributed by atoms with Crippen molar-refractivity contribution in [1.82, 2.24) is 24.1 Å². The van der Waals surface area contributed by atoms with Gasteiger partial charge in [0.2, 0.25) is 5.82 Å². The number of methoxy groups -OCH3 is 1. The van der Waals surface area contributed by atoms with Crippen LogP contribution in [0.5, 0.6) is 0 Å². The summed E-state index contributed by atoms with van der Waals surface area (Å²) in [5.74, 6) is 0.906. The maximum Gasteiger partial charge on any atom is 0.293 e. The number of fused-ring (bicyclic) bond motifs is 3. The van der Waals surface area contributed by atoms with Crippen LogP contribution in [0, 0.1) is 12.7 Å². The summed E-state index contributed by atoms with van der Waals surface area (Å²) in [6.07, 6.45) is 1.45. The lowest BCUT2D eigenvalue weighted by Gasteiger charge is -2.18. The Morgan fingerprint density at radius 2 is 2.06 bits per heavy atom. The first-order valence-electron chi connectivity index (χ1n) is 9.59. The van der Waals surface area contributed by atoms with Gasteiger partial charge in [0.1, 0.15) is 34.6 Å². The molecule has 0 aliphatic rings. The van der Waals surface area contributed by atoms with E-state index in [4.69, 9.17) is 13.7 Å². The van der Waals surface area contributed by atoms with Crippen LogP contribution in [0.1, 0.15) is 18.7 Å². The van der Waals surface area contributed by atoms with Crippen molar-refractivity contribution in [3.05, 3.63) is 58.6 Å². The SMILES string of the molecule is COCC(C)n1c(=O)c2c(-c3noc(-c4ccc(C)o4)n3)ncn2c2cccc(F)c21. The molecular weight excluding hydrogens is 405 g/mol. The van der Waals surface area contributed by atoms with Gasteiger partial charge < -0.3 is 13.7 Å². The number of furan rings is 1. The van der Waals surface area contributed by atoms with Gasteiger partial charge >= 0.3 is 0 Å². The van der Waals surface area contributed by atoms with E-state index in [2.05, 4.69) is 15.1 Å². The second-order valence-electron chi connectivity index (χ2n) is 7.23. The molecule has 1 aromatic carbocycles. The fourth-order valence-corrected chi connectivity index (χ4v) is 3.76. The molecule has 0 fully saturated rings. The topological polar surface area (TPSA) is 101 Å². The van der Waals surface area contributed by atoms with Crippen molar-refractivity contribution >= 4 is 16.6 Å². The van der Waals surface area contributed by atoms with Gasteiger partial charge in [-0.3, -0.25) is 13.8 Å². The van der Waals surface area contributed by atoms with Gasteiger partial charge in [0.15, 0.2) is 5.76 Å². The molecule has 0 bridgehead atoms. The molecule has 9 nitrogen and oxygen atoms in total. The first kappa shape index (κ1) is 19.2. The third kappa shape index (κ3) is 2.95. The molecule has 0 aliphatic carbocycles. The fraction of sp³-hybridized carbons (Fsp3) is 0.238. The zero-order chi connectivity index (χ0) is 21.7. The van der Waals surface area contributed by atoms with Crippen LogP contribution in [-0.2, 0) is 4.74 Å². The van der Waals surface area contributed by atoms with Gasteiger partial charge in [-0.25, -0.2) is 9.37 Å². The highest BCUT2D eigenvalue weighted by Gasteiger charge is 2.24. The van der Waals surface area contributed by atoms with Crippen molar-refractivity contribution in [1.29, 1.82) is 0 Å². The minimum absolute atomic E-state index is 0.130. The van der Waals surface area contributed by atoms with E-state index < -0.39 is 17.4 Å². The molecule has 0 aliphatic heterocycles. The molecular formula is C21H18FN5O4. The Hall–Kier alpha value is -3.79. The summed E-state index contributed by atoms with van der Waals surface area (Å²) in [4.78, 5) is 22.2. The van der Waals surface area contributed by atoms with Crippen molar-refractivity contribution in [2.75, 3.05) is 13.7 Å². The number of para-hydroxylation sites is 1. The molecule has 0 radical (unpaired) electrons. The van der Waals surface area contributed by atoms with Crippen LogP contribution in [0.15, 0.2) is 50.4 Å². The van der Waals surface area contributed by atoms with E-state index in [-0.39, 0.29) is 35.0 Å². The average Bonchev–Trinajstić information content (AvgIpc) is 3.47. The first-order chi connectivity index (χ1) is 15.0. The third-order valence-electron chi connectivity index (χ3n) is 5.09. The summed E-state index contributed by atoms with van der Waals surface area (Å²) in [5.41, 5.74) is 0.668. The van der Waals surface area contributed by atoms with Gasteiger partial charge in [0.05, 0.1) is 18.2 Å². The third-order valence-corrected chi connectivity index (χ3v) is 5.09. The molecule has 158 valence electrons. The lowest BCUT2D eigenvalue weighted by Crippen LogP contribution is -2.28. The molecule has 1 unspecified atom stereocenters. The molecule has 31 heavy (non-hydrogen) atoms. The maximum atomic E-state index is 14.8. The Bertz CT molecular complexity index is 1480. The lowest BCUT2D eigenvalue weighted by molar-refractivity contribution is 0.162. The number of nitrogens with zero attached hydrogens (tertiary/aromatic N) is 5. The highest BCUT2D eigenvalue weighted by atomic mass is 19.1. The Balaban J connectivity index is 1.78. The molecule has 0 saturated heterocycles. The molecule has 5 rings (SSSR count).